The van der Waals surface area contributed by atoms with E-state index in [-0.39, 0.29) is 11.8 Å². The summed E-state index contributed by atoms with van der Waals surface area (Å²) in [4.78, 5) is 26.4. The highest BCUT2D eigenvalue weighted by atomic mass is 16.5. The van der Waals surface area contributed by atoms with Gasteiger partial charge < -0.3 is 15.0 Å². The molecule has 0 aromatic heterocycles. The van der Waals surface area contributed by atoms with Gasteiger partial charge in [0.05, 0.1) is 7.11 Å². The number of rotatable bonds is 5. The van der Waals surface area contributed by atoms with Gasteiger partial charge in [0.2, 0.25) is 5.91 Å². The monoisotopic (exact) mass is 324 g/mol. The lowest BCUT2D eigenvalue weighted by Gasteiger charge is -2.23. The quantitative estimate of drug-likeness (QED) is 0.918. The van der Waals surface area contributed by atoms with Gasteiger partial charge in [-0.1, -0.05) is 30.3 Å². The smallest absolute Gasteiger partial charge is 0.255 e. The summed E-state index contributed by atoms with van der Waals surface area (Å²) in [7, 11) is 1.61. The minimum absolute atomic E-state index is 0.0855. The van der Waals surface area contributed by atoms with Crippen LogP contribution in [0.2, 0.25) is 0 Å². The zero-order valence-corrected chi connectivity index (χ0v) is 13.8. The molecule has 0 radical (unpaired) electrons. The van der Waals surface area contributed by atoms with Gasteiger partial charge in [0.15, 0.2) is 0 Å². The Hall–Kier alpha value is -2.82. The molecule has 1 N–H and O–H groups in total. The van der Waals surface area contributed by atoms with Crippen molar-refractivity contribution in [3.8, 4) is 5.75 Å². The van der Waals surface area contributed by atoms with Gasteiger partial charge >= 0.3 is 0 Å². The molecule has 0 bridgehead atoms. The minimum Gasteiger partial charge on any atom is -0.497 e. The average Bonchev–Trinajstić information content (AvgIpc) is 2.96. The van der Waals surface area contributed by atoms with Crippen LogP contribution < -0.4 is 10.1 Å². The molecule has 0 spiro atoms. The number of ether oxygens (including phenoxy) is 1. The van der Waals surface area contributed by atoms with Crippen LogP contribution in [0.3, 0.4) is 0 Å². The molecule has 24 heavy (non-hydrogen) atoms. The molecular formula is C19H20N2O3. The van der Waals surface area contributed by atoms with E-state index in [2.05, 4.69) is 5.32 Å². The largest absolute Gasteiger partial charge is 0.497 e. The van der Waals surface area contributed by atoms with Crippen LogP contribution in [-0.2, 0) is 17.9 Å². The van der Waals surface area contributed by atoms with Crippen molar-refractivity contribution < 1.29 is 14.3 Å². The summed E-state index contributed by atoms with van der Waals surface area (Å²) in [5, 5.41) is 2.89. The Labute approximate surface area is 141 Å². The van der Waals surface area contributed by atoms with Gasteiger partial charge in [0.25, 0.3) is 5.91 Å². The van der Waals surface area contributed by atoms with Crippen LogP contribution in [-0.4, -0.2) is 29.9 Å². The third-order valence-corrected chi connectivity index (χ3v) is 4.32. The molecule has 124 valence electrons. The predicted molar refractivity (Wildman–Crippen MR) is 90.6 cm³/mol. The highest BCUT2D eigenvalue weighted by Crippen LogP contribution is 2.24. The van der Waals surface area contributed by atoms with E-state index in [1.54, 1.807) is 25.0 Å². The second-order valence-corrected chi connectivity index (χ2v) is 5.83. The SMILES string of the molecule is COc1ccc(CNC(=O)[C@H](C)N2Cc3ccccc3C2=O)cc1. The topological polar surface area (TPSA) is 58.6 Å². The van der Waals surface area contributed by atoms with Crippen LogP contribution in [0.1, 0.15) is 28.4 Å². The van der Waals surface area contributed by atoms with Crippen LogP contribution in [0.5, 0.6) is 5.75 Å². The summed E-state index contributed by atoms with van der Waals surface area (Å²) >= 11 is 0. The molecule has 3 rings (SSSR count). The molecule has 2 aromatic rings. The van der Waals surface area contributed by atoms with Crippen molar-refractivity contribution in [3.63, 3.8) is 0 Å². The summed E-state index contributed by atoms with van der Waals surface area (Å²) < 4.78 is 5.11. The maximum atomic E-state index is 12.4. The molecular weight excluding hydrogens is 304 g/mol. The highest BCUT2D eigenvalue weighted by molar-refractivity contribution is 6.00. The van der Waals surface area contributed by atoms with E-state index in [0.717, 1.165) is 16.9 Å². The van der Waals surface area contributed by atoms with E-state index in [0.29, 0.717) is 18.7 Å². The average molecular weight is 324 g/mol. The van der Waals surface area contributed by atoms with Gasteiger partial charge in [-0.25, -0.2) is 0 Å². The molecule has 0 unspecified atom stereocenters. The first-order valence-corrected chi connectivity index (χ1v) is 7.89. The molecule has 0 fully saturated rings. The van der Waals surface area contributed by atoms with Crippen LogP contribution in [0.15, 0.2) is 48.5 Å². The fraction of sp³-hybridized carbons (Fsp3) is 0.263. The number of amides is 2. The first kappa shape index (κ1) is 16.1. The lowest BCUT2D eigenvalue weighted by Crippen LogP contribution is -2.45. The summed E-state index contributed by atoms with van der Waals surface area (Å²) in [6, 6.07) is 14.5. The minimum atomic E-state index is -0.511. The first-order chi connectivity index (χ1) is 11.6. The maximum absolute atomic E-state index is 12.4. The number of nitrogens with one attached hydrogen (secondary N) is 1. The number of methoxy groups -OCH3 is 1. The van der Waals surface area contributed by atoms with Crippen molar-refractivity contribution in [2.45, 2.75) is 26.1 Å². The number of hydrogen-bond donors (Lipinski definition) is 1. The summed E-state index contributed by atoms with van der Waals surface area (Å²) in [5.41, 5.74) is 2.64. The van der Waals surface area contributed by atoms with E-state index in [4.69, 9.17) is 4.74 Å². The van der Waals surface area contributed by atoms with Crippen molar-refractivity contribution >= 4 is 11.8 Å². The molecule has 0 aliphatic carbocycles. The Morgan fingerprint density at radius 2 is 1.92 bits per heavy atom. The summed E-state index contributed by atoms with van der Waals surface area (Å²) in [6.07, 6.45) is 0. The van der Waals surface area contributed by atoms with Crippen molar-refractivity contribution in [1.82, 2.24) is 10.2 Å². The Bertz CT molecular complexity index is 755. The predicted octanol–water partition coefficient (Wildman–Crippen LogP) is 2.36. The number of carbonyl (C=O) groups excluding carboxylic acids is 2. The number of carbonyl (C=O) groups is 2. The van der Waals surface area contributed by atoms with E-state index < -0.39 is 6.04 Å². The number of benzene rings is 2. The van der Waals surface area contributed by atoms with Crippen LogP contribution in [0, 0.1) is 0 Å². The van der Waals surface area contributed by atoms with E-state index in [1.807, 2.05) is 42.5 Å². The van der Waals surface area contributed by atoms with Crippen LogP contribution in [0.25, 0.3) is 0 Å². The van der Waals surface area contributed by atoms with Gasteiger partial charge in [-0.05, 0) is 36.2 Å². The fourth-order valence-electron chi connectivity index (χ4n) is 2.81. The maximum Gasteiger partial charge on any atom is 0.255 e. The molecule has 0 saturated heterocycles. The second kappa shape index (κ2) is 6.74. The first-order valence-electron chi connectivity index (χ1n) is 7.89. The Balaban J connectivity index is 1.60. The lowest BCUT2D eigenvalue weighted by molar-refractivity contribution is -0.125. The zero-order chi connectivity index (χ0) is 17.1. The lowest BCUT2D eigenvalue weighted by atomic mass is 10.1. The third kappa shape index (κ3) is 3.11. The van der Waals surface area contributed by atoms with Crippen LogP contribution >= 0.6 is 0 Å². The molecule has 1 aliphatic heterocycles. The number of nitrogens with zero attached hydrogens (tertiary/aromatic N) is 1. The van der Waals surface area contributed by atoms with Crippen molar-refractivity contribution in [2.24, 2.45) is 0 Å². The van der Waals surface area contributed by atoms with Gasteiger partial charge in [-0.15, -0.1) is 0 Å². The zero-order valence-electron chi connectivity index (χ0n) is 13.8. The normalized spacial score (nSPS) is 14.2. The van der Waals surface area contributed by atoms with Gasteiger partial charge in [-0.2, -0.15) is 0 Å². The Morgan fingerprint density at radius 3 is 2.58 bits per heavy atom. The molecule has 1 aliphatic rings. The number of fused-ring (bicyclic) bond motifs is 1. The molecule has 5 heteroatoms. The summed E-state index contributed by atoms with van der Waals surface area (Å²) in [6.45, 7) is 2.65. The van der Waals surface area contributed by atoms with Gasteiger partial charge in [-0.3, -0.25) is 9.59 Å². The van der Waals surface area contributed by atoms with Crippen LogP contribution in [0.4, 0.5) is 0 Å². The molecule has 0 saturated carbocycles. The van der Waals surface area contributed by atoms with Crippen molar-refractivity contribution in [2.75, 3.05) is 7.11 Å². The molecule has 5 nitrogen and oxygen atoms in total. The van der Waals surface area contributed by atoms with Crippen molar-refractivity contribution in [1.29, 1.82) is 0 Å². The van der Waals surface area contributed by atoms with Crippen molar-refractivity contribution in [3.05, 3.63) is 65.2 Å². The Morgan fingerprint density at radius 1 is 1.21 bits per heavy atom. The van der Waals surface area contributed by atoms with Gasteiger partial charge in [0.1, 0.15) is 11.8 Å². The Kier molecular flexibility index (Phi) is 4.51. The summed E-state index contributed by atoms with van der Waals surface area (Å²) in [5.74, 6) is 0.531. The van der Waals surface area contributed by atoms with E-state index in [9.17, 15) is 9.59 Å². The third-order valence-electron chi connectivity index (χ3n) is 4.32. The molecule has 2 aromatic carbocycles. The van der Waals surface area contributed by atoms with Gasteiger partial charge in [0, 0.05) is 18.7 Å². The second-order valence-electron chi connectivity index (χ2n) is 5.83. The standard InChI is InChI=1S/C19H20N2O3/c1-13(21-12-15-5-3-4-6-17(15)19(21)23)18(22)20-11-14-7-9-16(24-2)10-8-14/h3-10,13H,11-12H2,1-2H3,(H,20,22)/t13-/m0/s1. The molecule has 1 atom stereocenters. The van der Waals surface area contributed by atoms with E-state index in [1.165, 1.54) is 0 Å². The molecule has 2 amide bonds. The highest BCUT2D eigenvalue weighted by Gasteiger charge is 2.33. The molecule has 1 heterocycles. The fourth-order valence-corrected chi connectivity index (χ4v) is 2.81. The number of hydrogen-bond acceptors (Lipinski definition) is 3. The van der Waals surface area contributed by atoms with E-state index >= 15 is 0 Å².